The Labute approximate surface area is 130 Å². The molecule has 0 saturated carbocycles. The van der Waals surface area contributed by atoms with Gasteiger partial charge in [-0.1, -0.05) is 28.9 Å². The van der Waals surface area contributed by atoms with E-state index in [1.807, 2.05) is 6.92 Å². The van der Waals surface area contributed by atoms with Crippen LogP contribution in [0.1, 0.15) is 30.5 Å². The molecule has 0 bridgehead atoms. The Hall–Kier alpha value is -1.33. The highest BCUT2D eigenvalue weighted by Crippen LogP contribution is 2.31. The fourth-order valence-electron chi connectivity index (χ4n) is 2.20. The normalized spacial score (nSPS) is 12.4. The zero-order chi connectivity index (χ0) is 15.4. The number of rotatable bonds is 5. The predicted molar refractivity (Wildman–Crippen MR) is 80.6 cm³/mol. The van der Waals surface area contributed by atoms with Gasteiger partial charge in [0.05, 0.1) is 6.04 Å². The van der Waals surface area contributed by atoms with E-state index in [4.69, 9.17) is 0 Å². The summed E-state index contributed by atoms with van der Waals surface area (Å²) in [6.45, 7) is 2.57. The molecule has 0 fully saturated rings. The van der Waals surface area contributed by atoms with Crippen molar-refractivity contribution < 1.29 is 13.2 Å². The molecule has 1 N–H and O–H groups in total. The fourth-order valence-corrected chi connectivity index (χ4v) is 2.77. The largest absolute Gasteiger partial charge is 0.306 e. The van der Waals surface area contributed by atoms with Crippen molar-refractivity contribution in [1.29, 1.82) is 0 Å². The molecule has 112 valence electrons. The Kier molecular flexibility index (Phi) is 5.42. The van der Waals surface area contributed by atoms with Gasteiger partial charge in [0.25, 0.3) is 0 Å². The van der Waals surface area contributed by atoms with Crippen LogP contribution in [0.25, 0.3) is 0 Å². The number of hydrogen-bond donors (Lipinski definition) is 1. The summed E-state index contributed by atoms with van der Waals surface area (Å²) in [6.07, 6.45) is 0.820. The Bertz CT molecular complexity index is 590. The molecule has 2 rings (SSSR count). The zero-order valence-electron chi connectivity index (χ0n) is 11.5. The molecule has 1 atom stereocenters. The van der Waals surface area contributed by atoms with Crippen LogP contribution in [0.4, 0.5) is 13.2 Å². The Morgan fingerprint density at radius 3 is 2.33 bits per heavy atom. The van der Waals surface area contributed by atoms with Crippen molar-refractivity contribution in [2.45, 2.75) is 19.4 Å². The predicted octanol–water partition coefficient (Wildman–Crippen LogP) is 4.96. The third-order valence-corrected chi connectivity index (χ3v) is 3.80. The molecule has 0 aliphatic carbocycles. The van der Waals surface area contributed by atoms with Crippen LogP contribution < -0.4 is 5.32 Å². The summed E-state index contributed by atoms with van der Waals surface area (Å²) in [4.78, 5) is 0. The summed E-state index contributed by atoms with van der Waals surface area (Å²) in [5, 5.41) is 3.13. The van der Waals surface area contributed by atoms with Gasteiger partial charge in [0.2, 0.25) is 0 Å². The second-order valence-corrected chi connectivity index (χ2v) is 5.58. The second kappa shape index (κ2) is 7.09. The molecule has 1 nitrogen and oxygen atoms in total. The minimum absolute atomic E-state index is 0.343. The summed E-state index contributed by atoms with van der Waals surface area (Å²) in [5.74, 6) is -1.79. The summed E-state index contributed by atoms with van der Waals surface area (Å²) in [5.41, 5.74) is 0.697. The third kappa shape index (κ3) is 3.86. The third-order valence-electron chi connectivity index (χ3n) is 3.11. The first-order chi connectivity index (χ1) is 10.0. The van der Waals surface area contributed by atoms with Gasteiger partial charge < -0.3 is 5.32 Å². The van der Waals surface area contributed by atoms with Crippen LogP contribution in [0.15, 0.2) is 40.9 Å². The monoisotopic (exact) mass is 357 g/mol. The molecule has 5 heteroatoms. The van der Waals surface area contributed by atoms with Gasteiger partial charge in [-0.15, -0.1) is 0 Å². The molecular weight excluding hydrogens is 343 g/mol. The van der Waals surface area contributed by atoms with E-state index in [1.165, 1.54) is 18.2 Å². The van der Waals surface area contributed by atoms with Crippen LogP contribution in [0.5, 0.6) is 0 Å². The highest BCUT2D eigenvalue weighted by Gasteiger charge is 2.21. The number of halogens is 4. The minimum atomic E-state index is -0.680. The lowest BCUT2D eigenvalue weighted by Crippen LogP contribution is -2.24. The van der Waals surface area contributed by atoms with Crippen LogP contribution in [-0.4, -0.2) is 6.54 Å². The molecule has 0 amide bonds. The summed E-state index contributed by atoms with van der Waals surface area (Å²) >= 11 is 3.31. The average Bonchev–Trinajstić information content (AvgIpc) is 2.41. The molecule has 0 aliphatic heterocycles. The van der Waals surface area contributed by atoms with E-state index in [9.17, 15) is 13.2 Å². The molecule has 0 aliphatic rings. The van der Waals surface area contributed by atoms with Gasteiger partial charge in [-0.2, -0.15) is 0 Å². The van der Waals surface area contributed by atoms with Crippen molar-refractivity contribution in [1.82, 2.24) is 5.32 Å². The van der Waals surface area contributed by atoms with Gasteiger partial charge in [-0.25, -0.2) is 13.2 Å². The van der Waals surface area contributed by atoms with Gasteiger partial charge in [-0.05, 0) is 42.8 Å². The highest BCUT2D eigenvalue weighted by molar-refractivity contribution is 9.10. The van der Waals surface area contributed by atoms with Gasteiger partial charge in [0.1, 0.15) is 17.5 Å². The molecule has 2 aromatic carbocycles. The van der Waals surface area contributed by atoms with Gasteiger partial charge >= 0.3 is 0 Å². The van der Waals surface area contributed by atoms with E-state index in [2.05, 4.69) is 21.2 Å². The summed E-state index contributed by atoms with van der Waals surface area (Å²) < 4.78 is 41.6. The van der Waals surface area contributed by atoms with Crippen molar-refractivity contribution in [3.05, 3.63) is 69.4 Å². The van der Waals surface area contributed by atoms with Crippen molar-refractivity contribution in [2.24, 2.45) is 0 Å². The smallest absolute Gasteiger partial charge is 0.129 e. The van der Waals surface area contributed by atoms with E-state index < -0.39 is 23.5 Å². The molecule has 21 heavy (non-hydrogen) atoms. The van der Waals surface area contributed by atoms with Crippen molar-refractivity contribution in [3.8, 4) is 0 Å². The Balaban J connectivity index is 2.52. The second-order valence-electron chi connectivity index (χ2n) is 4.73. The van der Waals surface area contributed by atoms with E-state index in [0.717, 1.165) is 12.5 Å². The average molecular weight is 358 g/mol. The summed E-state index contributed by atoms with van der Waals surface area (Å²) in [7, 11) is 0. The summed E-state index contributed by atoms with van der Waals surface area (Å²) in [6, 6.07) is 7.23. The molecule has 2 aromatic rings. The van der Waals surface area contributed by atoms with Gasteiger partial charge in [0, 0.05) is 16.1 Å². The van der Waals surface area contributed by atoms with Crippen molar-refractivity contribution >= 4 is 15.9 Å². The molecule has 0 spiro atoms. The lowest BCUT2D eigenvalue weighted by molar-refractivity contribution is 0.532. The molecule has 0 saturated heterocycles. The zero-order valence-corrected chi connectivity index (χ0v) is 13.1. The van der Waals surface area contributed by atoms with Crippen LogP contribution in [0.3, 0.4) is 0 Å². The molecule has 0 radical (unpaired) electrons. The van der Waals surface area contributed by atoms with Crippen molar-refractivity contribution in [2.75, 3.05) is 6.54 Å². The topological polar surface area (TPSA) is 12.0 Å². The molecule has 0 aromatic heterocycles. The maximum absolute atomic E-state index is 14.2. The van der Waals surface area contributed by atoms with Gasteiger partial charge in [0.15, 0.2) is 0 Å². The van der Waals surface area contributed by atoms with E-state index in [-0.39, 0.29) is 0 Å². The van der Waals surface area contributed by atoms with E-state index >= 15 is 0 Å². The SMILES string of the molecule is CCCNC(c1cc(F)cc(F)c1)c1c(F)cccc1Br. The number of nitrogens with one attached hydrogen (secondary N) is 1. The Morgan fingerprint density at radius 1 is 1.10 bits per heavy atom. The first-order valence-corrected chi connectivity index (χ1v) is 7.45. The lowest BCUT2D eigenvalue weighted by Gasteiger charge is -2.21. The lowest BCUT2D eigenvalue weighted by atomic mass is 9.97. The highest BCUT2D eigenvalue weighted by atomic mass is 79.9. The van der Waals surface area contributed by atoms with Crippen LogP contribution in [-0.2, 0) is 0 Å². The first kappa shape index (κ1) is 16.0. The quantitative estimate of drug-likeness (QED) is 0.797. The standard InChI is InChI=1S/C16H15BrF3N/c1-2-6-21-16(10-7-11(18)9-12(19)8-10)15-13(17)4-3-5-14(15)20/h3-5,7-9,16,21H,2,6H2,1H3. The number of benzene rings is 2. The maximum atomic E-state index is 14.2. The Morgan fingerprint density at radius 2 is 1.76 bits per heavy atom. The van der Waals surface area contributed by atoms with Crippen LogP contribution in [0, 0.1) is 17.5 Å². The van der Waals surface area contributed by atoms with E-state index in [1.54, 1.807) is 12.1 Å². The fraction of sp³-hybridized carbons (Fsp3) is 0.250. The molecule has 0 heterocycles. The van der Waals surface area contributed by atoms with E-state index in [0.29, 0.717) is 22.1 Å². The molecular formula is C16H15BrF3N. The molecule has 1 unspecified atom stereocenters. The van der Waals surface area contributed by atoms with Gasteiger partial charge in [-0.3, -0.25) is 0 Å². The first-order valence-electron chi connectivity index (χ1n) is 6.66. The minimum Gasteiger partial charge on any atom is -0.306 e. The van der Waals surface area contributed by atoms with Crippen LogP contribution >= 0.6 is 15.9 Å². The van der Waals surface area contributed by atoms with Crippen molar-refractivity contribution in [3.63, 3.8) is 0 Å². The maximum Gasteiger partial charge on any atom is 0.129 e. The number of hydrogen-bond acceptors (Lipinski definition) is 1. The van der Waals surface area contributed by atoms with Crippen LogP contribution in [0.2, 0.25) is 0 Å².